The van der Waals surface area contributed by atoms with Crippen LogP contribution in [-0.2, 0) is 27.1 Å². The molecule has 0 spiro atoms. The number of hydrogen-bond donors (Lipinski definition) is 1. The molecule has 3 rings (SSSR count). The molecule has 1 unspecified atom stereocenters. The van der Waals surface area contributed by atoms with E-state index >= 15 is 0 Å². The first-order chi connectivity index (χ1) is 13.0. The first-order valence-corrected chi connectivity index (χ1v) is 9.55. The number of benzene rings is 1. The number of thiophene rings is 1. The molecule has 1 amide bonds. The van der Waals surface area contributed by atoms with Gasteiger partial charge in [-0.1, -0.05) is 6.92 Å². The van der Waals surface area contributed by atoms with E-state index in [0.29, 0.717) is 22.0 Å². The molecule has 0 saturated heterocycles. The molecule has 1 aliphatic carbocycles. The van der Waals surface area contributed by atoms with Crippen molar-refractivity contribution in [3.8, 4) is 0 Å². The Morgan fingerprint density at radius 3 is 2.63 bits per heavy atom. The molecule has 0 radical (unpaired) electrons. The van der Waals surface area contributed by atoms with Crippen molar-refractivity contribution in [1.29, 1.82) is 0 Å². The molecule has 0 aliphatic heterocycles. The van der Waals surface area contributed by atoms with E-state index in [-0.39, 0.29) is 6.61 Å². The van der Waals surface area contributed by atoms with Gasteiger partial charge < -0.3 is 14.8 Å². The molecule has 0 saturated carbocycles. The number of fused-ring (bicyclic) bond motifs is 1. The van der Waals surface area contributed by atoms with Crippen molar-refractivity contribution in [2.75, 3.05) is 19.0 Å². The van der Waals surface area contributed by atoms with Crippen LogP contribution in [0.15, 0.2) is 30.3 Å². The van der Waals surface area contributed by atoms with E-state index in [1.807, 2.05) is 6.07 Å². The fraction of sp³-hybridized carbons (Fsp3) is 0.350. The number of aryl methyl sites for hydroxylation is 1. The molecule has 0 bridgehead atoms. The second-order valence-corrected chi connectivity index (χ2v) is 7.74. The number of carbonyl (C=O) groups excluding carboxylic acids is 3. The van der Waals surface area contributed by atoms with Gasteiger partial charge in [-0.25, -0.2) is 9.59 Å². The van der Waals surface area contributed by atoms with Gasteiger partial charge in [-0.05, 0) is 61.1 Å². The Labute approximate surface area is 161 Å². The maximum Gasteiger partial charge on any atom is 0.348 e. The van der Waals surface area contributed by atoms with Crippen LogP contribution in [0.25, 0.3) is 0 Å². The zero-order valence-corrected chi connectivity index (χ0v) is 16.1. The molecular weight excluding hydrogens is 366 g/mol. The van der Waals surface area contributed by atoms with Crippen molar-refractivity contribution in [2.45, 2.75) is 26.2 Å². The second-order valence-electron chi connectivity index (χ2n) is 6.60. The second kappa shape index (κ2) is 8.35. The minimum absolute atomic E-state index is 0.365. The smallest absolute Gasteiger partial charge is 0.348 e. The van der Waals surface area contributed by atoms with Crippen molar-refractivity contribution in [3.63, 3.8) is 0 Å². The number of anilines is 1. The highest BCUT2D eigenvalue weighted by atomic mass is 32.1. The molecule has 1 aromatic carbocycles. The van der Waals surface area contributed by atoms with Crippen molar-refractivity contribution < 1.29 is 23.9 Å². The van der Waals surface area contributed by atoms with Gasteiger partial charge in [0.2, 0.25) is 0 Å². The number of hydrogen-bond acceptors (Lipinski definition) is 6. The maximum absolute atomic E-state index is 12.2. The van der Waals surface area contributed by atoms with Crippen LogP contribution in [0, 0.1) is 5.92 Å². The standard InChI is InChI=1S/C20H21NO5S/c1-12-3-8-16-14(9-12)10-17(27-16)20(24)26-11-18(22)21-15-6-4-13(5-7-15)19(23)25-2/h4-7,10,12H,3,8-9,11H2,1-2H3,(H,21,22). The fourth-order valence-corrected chi connectivity index (χ4v) is 4.12. The highest BCUT2D eigenvalue weighted by molar-refractivity contribution is 7.14. The van der Waals surface area contributed by atoms with Gasteiger partial charge in [0.05, 0.1) is 12.7 Å². The summed E-state index contributed by atoms with van der Waals surface area (Å²) in [7, 11) is 1.30. The molecule has 1 atom stereocenters. The highest BCUT2D eigenvalue weighted by Crippen LogP contribution is 2.32. The lowest BCUT2D eigenvalue weighted by molar-refractivity contribution is -0.119. The van der Waals surface area contributed by atoms with Gasteiger partial charge in [0, 0.05) is 10.6 Å². The minimum Gasteiger partial charge on any atom is -0.465 e. The Hall–Kier alpha value is -2.67. The molecule has 0 fully saturated rings. The molecule has 27 heavy (non-hydrogen) atoms. The lowest BCUT2D eigenvalue weighted by Gasteiger charge is -2.16. The zero-order chi connectivity index (χ0) is 19.4. The minimum atomic E-state index is -0.474. The summed E-state index contributed by atoms with van der Waals surface area (Å²) < 4.78 is 9.75. The van der Waals surface area contributed by atoms with Crippen molar-refractivity contribution >= 4 is 34.9 Å². The number of ether oxygens (including phenoxy) is 2. The van der Waals surface area contributed by atoms with Crippen LogP contribution in [0.1, 0.15) is 43.8 Å². The van der Waals surface area contributed by atoms with Gasteiger partial charge in [0.15, 0.2) is 6.61 Å². The van der Waals surface area contributed by atoms with E-state index in [1.54, 1.807) is 24.3 Å². The van der Waals surface area contributed by atoms with Gasteiger partial charge in [-0.2, -0.15) is 0 Å². The van der Waals surface area contributed by atoms with E-state index in [0.717, 1.165) is 19.3 Å². The quantitative estimate of drug-likeness (QED) is 0.795. The Kier molecular flexibility index (Phi) is 5.91. The lowest BCUT2D eigenvalue weighted by atomic mass is 9.90. The summed E-state index contributed by atoms with van der Waals surface area (Å²) in [6.45, 7) is 1.84. The average Bonchev–Trinajstić information content (AvgIpc) is 3.09. The molecule has 7 heteroatoms. The first kappa shape index (κ1) is 19.1. The van der Waals surface area contributed by atoms with Crippen LogP contribution in [-0.4, -0.2) is 31.6 Å². The third kappa shape index (κ3) is 4.74. The van der Waals surface area contributed by atoms with Gasteiger partial charge in [-0.15, -0.1) is 11.3 Å². The Bertz CT molecular complexity index is 856. The Balaban J connectivity index is 1.51. The van der Waals surface area contributed by atoms with Crippen LogP contribution in [0.2, 0.25) is 0 Å². The predicted octanol–water partition coefficient (Wildman–Crippen LogP) is 3.46. The number of methoxy groups -OCH3 is 1. The normalized spacial score (nSPS) is 15.6. The third-order valence-electron chi connectivity index (χ3n) is 4.45. The van der Waals surface area contributed by atoms with Gasteiger partial charge in [-0.3, -0.25) is 4.79 Å². The van der Waals surface area contributed by atoms with Crippen molar-refractivity contribution in [3.05, 3.63) is 51.2 Å². The number of carbonyl (C=O) groups is 3. The Morgan fingerprint density at radius 2 is 1.93 bits per heavy atom. The predicted molar refractivity (Wildman–Crippen MR) is 102 cm³/mol. The fourth-order valence-electron chi connectivity index (χ4n) is 3.01. The number of nitrogens with one attached hydrogen (secondary N) is 1. The topological polar surface area (TPSA) is 81.7 Å². The van der Waals surface area contributed by atoms with E-state index in [1.165, 1.54) is 28.9 Å². The molecule has 2 aromatic rings. The summed E-state index contributed by atoms with van der Waals surface area (Å²) in [4.78, 5) is 37.4. The average molecular weight is 387 g/mol. The van der Waals surface area contributed by atoms with Crippen LogP contribution in [0.3, 0.4) is 0 Å². The summed E-state index contributed by atoms with van der Waals surface area (Å²) in [5.74, 6) is -0.732. The molecule has 142 valence electrons. The molecule has 1 aliphatic rings. The van der Waals surface area contributed by atoms with Crippen LogP contribution >= 0.6 is 11.3 Å². The van der Waals surface area contributed by atoms with Gasteiger partial charge >= 0.3 is 11.9 Å². The summed E-state index contributed by atoms with van der Waals surface area (Å²) in [5.41, 5.74) is 2.11. The number of rotatable bonds is 5. The Morgan fingerprint density at radius 1 is 1.19 bits per heavy atom. The largest absolute Gasteiger partial charge is 0.465 e. The molecule has 1 aromatic heterocycles. The van der Waals surface area contributed by atoms with E-state index in [2.05, 4.69) is 17.0 Å². The summed E-state index contributed by atoms with van der Waals surface area (Å²) in [6, 6.07) is 8.15. The highest BCUT2D eigenvalue weighted by Gasteiger charge is 2.21. The van der Waals surface area contributed by atoms with E-state index in [4.69, 9.17) is 4.74 Å². The van der Waals surface area contributed by atoms with Gasteiger partial charge in [0.1, 0.15) is 4.88 Å². The summed E-state index contributed by atoms with van der Waals surface area (Å²) in [6.07, 6.45) is 3.12. The van der Waals surface area contributed by atoms with E-state index in [9.17, 15) is 14.4 Å². The number of amides is 1. The zero-order valence-electron chi connectivity index (χ0n) is 15.2. The monoisotopic (exact) mass is 387 g/mol. The first-order valence-electron chi connectivity index (χ1n) is 8.73. The molecular formula is C20H21NO5S. The molecule has 6 nitrogen and oxygen atoms in total. The summed E-state index contributed by atoms with van der Waals surface area (Å²) in [5, 5.41) is 2.62. The lowest BCUT2D eigenvalue weighted by Crippen LogP contribution is -2.20. The third-order valence-corrected chi connectivity index (χ3v) is 5.67. The maximum atomic E-state index is 12.2. The van der Waals surface area contributed by atoms with Crippen molar-refractivity contribution in [2.24, 2.45) is 5.92 Å². The summed E-state index contributed by atoms with van der Waals surface area (Å²) >= 11 is 1.46. The van der Waals surface area contributed by atoms with E-state index < -0.39 is 17.8 Å². The number of esters is 2. The van der Waals surface area contributed by atoms with Gasteiger partial charge in [0.25, 0.3) is 5.91 Å². The SMILES string of the molecule is COC(=O)c1ccc(NC(=O)COC(=O)c2cc3c(s2)CCC(C)C3)cc1. The van der Waals surface area contributed by atoms with Crippen LogP contribution in [0.4, 0.5) is 5.69 Å². The van der Waals surface area contributed by atoms with Crippen molar-refractivity contribution in [1.82, 2.24) is 0 Å². The molecule has 1 heterocycles. The van der Waals surface area contributed by atoms with Crippen LogP contribution in [0.5, 0.6) is 0 Å². The van der Waals surface area contributed by atoms with Crippen LogP contribution < -0.4 is 5.32 Å². The molecule has 1 N–H and O–H groups in total.